The lowest BCUT2D eigenvalue weighted by Gasteiger charge is -2.23. The van der Waals surface area contributed by atoms with E-state index in [-0.39, 0.29) is 12.1 Å². The third-order valence-electron chi connectivity index (χ3n) is 3.73. The van der Waals surface area contributed by atoms with Crippen molar-refractivity contribution in [1.82, 2.24) is 15.3 Å². The summed E-state index contributed by atoms with van der Waals surface area (Å²) in [5.74, 6) is -0.793. The van der Waals surface area contributed by atoms with Gasteiger partial charge >= 0.3 is 11.9 Å². The molecule has 0 fully saturated rings. The molecule has 0 spiro atoms. The van der Waals surface area contributed by atoms with Crippen molar-refractivity contribution >= 4 is 11.9 Å². The zero-order valence-corrected chi connectivity index (χ0v) is 18.3. The van der Waals surface area contributed by atoms with Crippen LogP contribution in [0.3, 0.4) is 0 Å². The molecule has 0 aliphatic rings. The van der Waals surface area contributed by atoms with E-state index in [9.17, 15) is 14.7 Å². The number of ether oxygens (including phenoxy) is 1. The van der Waals surface area contributed by atoms with E-state index in [0.29, 0.717) is 18.7 Å². The van der Waals surface area contributed by atoms with E-state index in [2.05, 4.69) is 36.1 Å². The Morgan fingerprint density at radius 1 is 1.16 bits per heavy atom. The average Bonchev–Trinajstić information content (AvgIpc) is 3.09. The number of aromatic nitrogens is 2. The molecular formula is C22H31N3O6. The minimum Gasteiger partial charge on any atom is -0.491 e. The van der Waals surface area contributed by atoms with Crippen LogP contribution in [0.1, 0.15) is 37.9 Å². The second-order valence-corrected chi connectivity index (χ2v) is 7.91. The molecule has 0 saturated carbocycles. The summed E-state index contributed by atoms with van der Waals surface area (Å²) in [4.78, 5) is 26.7. The summed E-state index contributed by atoms with van der Waals surface area (Å²) in [6, 6.07) is 7.89. The number of aliphatic hydroxyl groups excluding tert-OH is 1. The van der Waals surface area contributed by atoms with Gasteiger partial charge in [0.2, 0.25) is 0 Å². The number of aliphatic hydroxyl groups is 1. The van der Waals surface area contributed by atoms with E-state index in [4.69, 9.17) is 14.9 Å². The molecule has 0 unspecified atom stereocenters. The summed E-state index contributed by atoms with van der Waals surface area (Å²) < 4.78 is 5.63. The van der Waals surface area contributed by atoms with Gasteiger partial charge in [-0.15, -0.1) is 0 Å². The van der Waals surface area contributed by atoms with E-state index in [0.717, 1.165) is 23.7 Å². The highest BCUT2D eigenvalue weighted by Gasteiger charge is 2.12. The first kappa shape index (κ1) is 25.9. The molecule has 9 nitrogen and oxygen atoms in total. The molecule has 2 aromatic rings. The zero-order valence-electron chi connectivity index (χ0n) is 18.3. The van der Waals surface area contributed by atoms with Crippen LogP contribution in [-0.4, -0.2) is 62.0 Å². The Morgan fingerprint density at radius 2 is 1.74 bits per heavy atom. The van der Waals surface area contributed by atoms with E-state index >= 15 is 0 Å². The minimum atomic E-state index is -1.26. The molecule has 1 aromatic carbocycles. The number of hydrogen-bond donors (Lipinski definition) is 5. The lowest BCUT2D eigenvalue weighted by molar-refractivity contribution is -0.134. The van der Waals surface area contributed by atoms with Crippen LogP contribution in [0.2, 0.25) is 0 Å². The summed E-state index contributed by atoms with van der Waals surface area (Å²) in [5, 5.41) is 28.8. The van der Waals surface area contributed by atoms with E-state index in [1.165, 1.54) is 5.56 Å². The van der Waals surface area contributed by atoms with E-state index in [1.807, 2.05) is 37.4 Å². The molecule has 0 amide bonds. The highest BCUT2D eigenvalue weighted by Crippen LogP contribution is 2.14. The van der Waals surface area contributed by atoms with Gasteiger partial charge in [-0.05, 0) is 45.4 Å². The number of carboxylic acids is 2. The monoisotopic (exact) mass is 433 g/mol. The fourth-order valence-corrected chi connectivity index (χ4v) is 2.27. The topological polar surface area (TPSA) is 145 Å². The second-order valence-electron chi connectivity index (χ2n) is 7.91. The van der Waals surface area contributed by atoms with Crippen molar-refractivity contribution in [3.63, 3.8) is 0 Å². The largest absolute Gasteiger partial charge is 0.491 e. The number of hydrogen-bond acceptors (Lipinski definition) is 6. The summed E-state index contributed by atoms with van der Waals surface area (Å²) >= 11 is 0. The van der Waals surface area contributed by atoms with Gasteiger partial charge in [0, 0.05) is 36.9 Å². The van der Waals surface area contributed by atoms with Gasteiger partial charge in [0.25, 0.3) is 0 Å². The number of nitrogens with zero attached hydrogens (tertiary/aromatic N) is 1. The minimum absolute atomic E-state index is 0.00711. The van der Waals surface area contributed by atoms with Crippen LogP contribution in [0.4, 0.5) is 0 Å². The van der Waals surface area contributed by atoms with Gasteiger partial charge < -0.3 is 30.4 Å². The summed E-state index contributed by atoms with van der Waals surface area (Å²) in [6.07, 6.45) is 3.26. The van der Waals surface area contributed by atoms with Crippen LogP contribution >= 0.6 is 0 Å². The Morgan fingerprint density at radius 3 is 2.19 bits per heavy atom. The van der Waals surface area contributed by atoms with Crippen LogP contribution in [0, 0.1) is 6.92 Å². The predicted molar refractivity (Wildman–Crippen MR) is 116 cm³/mol. The molecule has 1 heterocycles. The number of aliphatic carboxylic acids is 2. The Balaban J connectivity index is 0.000000512. The van der Waals surface area contributed by atoms with Crippen molar-refractivity contribution in [2.24, 2.45) is 0 Å². The fourth-order valence-electron chi connectivity index (χ4n) is 2.27. The van der Waals surface area contributed by atoms with Gasteiger partial charge in [-0.2, -0.15) is 0 Å². The first-order valence-corrected chi connectivity index (χ1v) is 9.74. The van der Waals surface area contributed by atoms with Crippen molar-refractivity contribution in [2.45, 2.75) is 45.8 Å². The number of carbonyl (C=O) groups is 2. The standard InChI is InChI=1S/C18H27N3O2.C4H4O4/c1-13-10-19-17(21-13)9-14-5-7-16(8-6-14)23-12-15(22)11-20-18(2,3)4;5-3(6)1-2-4(7)8/h5-8,10,15,20,22H,9,11-12H2,1-4H3,(H,19,21);1-2H,(H,5,6)(H,7,8)/b;2-1-/t15-;/m0./s1. The quantitative estimate of drug-likeness (QED) is 0.378. The van der Waals surface area contributed by atoms with Crippen molar-refractivity contribution < 1.29 is 29.6 Å². The Labute approximate surface area is 181 Å². The Bertz CT molecular complexity index is 837. The number of benzene rings is 1. The molecule has 0 bridgehead atoms. The van der Waals surface area contributed by atoms with Gasteiger partial charge in [-0.1, -0.05) is 12.1 Å². The smallest absolute Gasteiger partial charge is 0.328 e. The number of imidazole rings is 1. The SMILES string of the molecule is Cc1c[nH]c(Cc2ccc(OC[C@@H](O)CNC(C)(C)C)cc2)n1.O=C(O)/C=C\C(=O)O. The molecule has 2 rings (SSSR count). The highest BCUT2D eigenvalue weighted by atomic mass is 16.5. The number of carboxylic acid groups (broad SMARTS) is 2. The number of β-amino-alcohol motifs (C(OH)–C–C–N with tert-alkyl or cyclic N) is 1. The van der Waals surface area contributed by atoms with Crippen molar-refractivity contribution in [1.29, 1.82) is 0 Å². The first-order chi connectivity index (χ1) is 14.4. The predicted octanol–water partition coefficient (Wildman–Crippen LogP) is 2.15. The molecule has 9 heteroatoms. The molecule has 0 aliphatic carbocycles. The van der Waals surface area contributed by atoms with Gasteiger partial charge in [0.05, 0.1) is 5.69 Å². The van der Waals surface area contributed by atoms with Crippen LogP contribution in [0.15, 0.2) is 42.6 Å². The molecule has 5 N–H and O–H groups in total. The van der Waals surface area contributed by atoms with Crippen molar-refractivity contribution in [2.75, 3.05) is 13.2 Å². The van der Waals surface area contributed by atoms with E-state index < -0.39 is 18.0 Å². The highest BCUT2D eigenvalue weighted by molar-refractivity contribution is 5.89. The maximum atomic E-state index is 9.93. The normalized spacial score (nSPS) is 12.2. The van der Waals surface area contributed by atoms with Crippen LogP contribution < -0.4 is 10.1 Å². The Hall–Kier alpha value is -3.17. The molecule has 0 aliphatic heterocycles. The number of rotatable bonds is 9. The maximum Gasteiger partial charge on any atom is 0.328 e. The number of nitrogens with one attached hydrogen (secondary N) is 2. The van der Waals surface area contributed by atoms with Crippen molar-refractivity contribution in [3.05, 3.63) is 59.7 Å². The molecule has 170 valence electrons. The summed E-state index contributed by atoms with van der Waals surface area (Å²) in [5.41, 5.74) is 2.16. The molecular weight excluding hydrogens is 402 g/mol. The zero-order chi connectivity index (χ0) is 23.4. The third kappa shape index (κ3) is 12.9. The maximum absolute atomic E-state index is 9.93. The van der Waals surface area contributed by atoms with Gasteiger partial charge in [-0.3, -0.25) is 0 Å². The lowest BCUT2D eigenvalue weighted by Crippen LogP contribution is -2.42. The number of aromatic amines is 1. The summed E-state index contributed by atoms with van der Waals surface area (Å²) in [6.45, 7) is 8.97. The molecule has 0 saturated heterocycles. The average molecular weight is 434 g/mol. The lowest BCUT2D eigenvalue weighted by atomic mass is 10.1. The number of aryl methyl sites for hydroxylation is 1. The molecule has 31 heavy (non-hydrogen) atoms. The van der Waals surface area contributed by atoms with Gasteiger partial charge in [0.15, 0.2) is 0 Å². The van der Waals surface area contributed by atoms with Crippen LogP contribution in [-0.2, 0) is 16.0 Å². The van der Waals surface area contributed by atoms with Crippen LogP contribution in [0.5, 0.6) is 5.75 Å². The molecule has 1 aromatic heterocycles. The second kappa shape index (κ2) is 12.5. The Kier molecular flexibility index (Phi) is 10.4. The van der Waals surface area contributed by atoms with E-state index in [1.54, 1.807) is 0 Å². The molecule has 1 atom stereocenters. The van der Waals surface area contributed by atoms with Crippen molar-refractivity contribution in [3.8, 4) is 5.75 Å². The first-order valence-electron chi connectivity index (χ1n) is 9.74. The fraction of sp³-hybridized carbons (Fsp3) is 0.409. The van der Waals surface area contributed by atoms with Crippen LogP contribution in [0.25, 0.3) is 0 Å². The molecule has 0 radical (unpaired) electrons. The van der Waals surface area contributed by atoms with Gasteiger partial charge in [-0.25, -0.2) is 14.6 Å². The summed E-state index contributed by atoms with van der Waals surface area (Å²) in [7, 11) is 0. The third-order valence-corrected chi connectivity index (χ3v) is 3.73. The van der Waals surface area contributed by atoms with Gasteiger partial charge in [0.1, 0.15) is 24.3 Å². The number of H-pyrrole nitrogens is 1.